The van der Waals surface area contributed by atoms with Crippen molar-refractivity contribution in [1.82, 2.24) is 0 Å². The number of allylic oxidation sites excluding steroid dienone is 2. The third-order valence-electron chi connectivity index (χ3n) is 4.01. The van der Waals surface area contributed by atoms with Crippen LogP contribution in [0.15, 0.2) is 66.8 Å². The molecule has 0 heterocycles. The number of hydrogen-bond acceptors (Lipinski definition) is 3. The van der Waals surface area contributed by atoms with E-state index in [4.69, 9.17) is 17.2 Å². The Morgan fingerprint density at radius 1 is 1.05 bits per heavy atom. The number of anilines is 1. The van der Waals surface area contributed by atoms with Crippen molar-refractivity contribution in [2.75, 3.05) is 5.73 Å². The topological polar surface area (TPSA) is 78.1 Å². The molecule has 0 fully saturated rings. The van der Waals surface area contributed by atoms with E-state index < -0.39 is 11.6 Å². The minimum absolute atomic E-state index is 0.263. The van der Waals surface area contributed by atoms with E-state index in [-0.39, 0.29) is 5.82 Å². The van der Waals surface area contributed by atoms with Crippen LogP contribution in [-0.4, -0.2) is 6.04 Å². The van der Waals surface area contributed by atoms with Crippen molar-refractivity contribution in [2.24, 2.45) is 11.5 Å². The van der Waals surface area contributed by atoms with E-state index in [1.807, 2.05) is 42.5 Å². The van der Waals surface area contributed by atoms with Gasteiger partial charge in [0.25, 0.3) is 0 Å². The zero-order chi connectivity index (χ0) is 15.7. The van der Waals surface area contributed by atoms with Crippen LogP contribution >= 0.6 is 0 Å². The Morgan fingerprint density at radius 3 is 2.41 bits per heavy atom. The number of halogens is 1. The van der Waals surface area contributed by atoms with Gasteiger partial charge in [0.15, 0.2) is 0 Å². The second-order valence-electron chi connectivity index (χ2n) is 5.55. The summed E-state index contributed by atoms with van der Waals surface area (Å²) in [6.45, 7) is 0. The smallest absolute Gasteiger partial charge is 0.123 e. The molecular weight excluding hydrogens is 277 g/mol. The van der Waals surface area contributed by atoms with Gasteiger partial charge in [-0.05, 0) is 41.0 Å². The Morgan fingerprint density at radius 2 is 1.77 bits per heavy atom. The number of nitrogens with two attached hydrogens (primary N) is 3. The van der Waals surface area contributed by atoms with Crippen LogP contribution in [-0.2, 0) is 5.54 Å². The van der Waals surface area contributed by atoms with Gasteiger partial charge in [-0.1, -0.05) is 42.5 Å². The predicted octanol–water partition coefficient (Wildman–Crippen LogP) is 2.54. The summed E-state index contributed by atoms with van der Waals surface area (Å²) < 4.78 is 13.0. The molecule has 1 aliphatic carbocycles. The maximum Gasteiger partial charge on any atom is 0.123 e. The van der Waals surface area contributed by atoms with E-state index in [1.165, 1.54) is 12.1 Å². The second kappa shape index (κ2) is 5.40. The van der Waals surface area contributed by atoms with Gasteiger partial charge in [-0.25, -0.2) is 4.39 Å². The summed E-state index contributed by atoms with van der Waals surface area (Å²) in [5, 5.41) is 0. The lowest BCUT2D eigenvalue weighted by Crippen LogP contribution is -2.51. The lowest BCUT2D eigenvalue weighted by molar-refractivity contribution is 0.494. The SMILES string of the molecule is Nc1cccc(C2(N)C=CC(c3ccc(F)cc3)=CC2N)c1. The average Bonchev–Trinajstić information content (AvgIpc) is 2.51. The van der Waals surface area contributed by atoms with Gasteiger partial charge in [0.05, 0.1) is 5.54 Å². The molecular formula is C18H18FN3. The van der Waals surface area contributed by atoms with E-state index in [1.54, 1.807) is 12.1 Å². The highest BCUT2D eigenvalue weighted by molar-refractivity contribution is 5.76. The highest BCUT2D eigenvalue weighted by Crippen LogP contribution is 2.32. The molecule has 3 rings (SSSR count). The van der Waals surface area contributed by atoms with Crippen LogP contribution in [0.2, 0.25) is 0 Å². The van der Waals surface area contributed by atoms with Gasteiger partial charge in [-0.3, -0.25) is 0 Å². The molecule has 0 radical (unpaired) electrons. The first kappa shape index (κ1) is 14.5. The molecule has 0 bridgehead atoms. The number of nitrogen functional groups attached to an aromatic ring is 1. The molecule has 2 atom stereocenters. The minimum atomic E-state index is -0.807. The Bertz CT molecular complexity index is 749. The van der Waals surface area contributed by atoms with Crippen LogP contribution in [0.3, 0.4) is 0 Å². The first-order valence-electron chi connectivity index (χ1n) is 7.06. The fraction of sp³-hybridized carbons (Fsp3) is 0.111. The first-order valence-corrected chi connectivity index (χ1v) is 7.06. The van der Waals surface area contributed by atoms with E-state index in [2.05, 4.69) is 0 Å². The normalized spacial score (nSPS) is 24.1. The third-order valence-corrected chi connectivity index (χ3v) is 4.01. The Hall–Kier alpha value is -2.43. The van der Waals surface area contributed by atoms with Gasteiger partial charge in [-0.2, -0.15) is 0 Å². The molecule has 0 saturated heterocycles. The van der Waals surface area contributed by atoms with Crippen LogP contribution < -0.4 is 17.2 Å². The summed E-state index contributed by atoms with van der Waals surface area (Å²) in [6.07, 6.45) is 5.70. The molecule has 2 aromatic rings. The molecule has 4 heteroatoms. The van der Waals surface area contributed by atoms with E-state index in [0.717, 1.165) is 16.7 Å². The summed E-state index contributed by atoms with van der Waals surface area (Å²) in [5.41, 5.74) is 21.1. The van der Waals surface area contributed by atoms with Crippen molar-refractivity contribution >= 4 is 11.3 Å². The maximum absolute atomic E-state index is 13.0. The summed E-state index contributed by atoms with van der Waals surface area (Å²) in [5.74, 6) is -0.263. The van der Waals surface area contributed by atoms with Crippen LogP contribution in [0.4, 0.5) is 10.1 Å². The van der Waals surface area contributed by atoms with Crippen molar-refractivity contribution in [3.8, 4) is 0 Å². The second-order valence-corrected chi connectivity index (χ2v) is 5.55. The lowest BCUT2D eigenvalue weighted by atomic mass is 9.78. The van der Waals surface area contributed by atoms with Crippen LogP contribution in [0.1, 0.15) is 11.1 Å². The van der Waals surface area contributed by atoms with Crippen molar-refractivity contribution in [3.05, 3.63) is 83.7 Å². The molecule has 0 saturated carbocycles. The first-order chi connectivity index (χ1) is 10.5. The lowest BCUT2D eigenvalue weighted by Gasteiger charge is -2.34. The molecule has 0 aliphatic heterocycles. The molecule has 6 N–H and O–H groups in total. The van der Waals surface area contributed by atoms with Crippen molar-refractivity contribution in [3.63, 3.8) is 0 Å². The highest BCUT2D eigenvalue weighted by atomic mass is 19.1. The highest BCUT2D eigenvalue weighted by Gasteiger charge is 2.33. The van der Waals surface area contributed by atoms with Gasteiger partial charge in [0.1, 0.15) is 5.82 Å². The van der Waals surface area contributed by atoms with E-state index in [9.17, 15) is 4.39 Å². The summed E-state index contributed by atoms with van der Waals surface area (Å²) in [4.78, 5) is 0. The van der Waals surface area contributed by atoms with E-state index >= 15 is 0 Å². The summed E-state index contributed by atoms with van der Waals surface area (Å²) in [7, 11) is 0. The molecule has 0 aromatic heterocycles. The molecule has 0 spiro atoms. The average molecular weight is 295 g/mol. The molecule has 0 amide bonds. The van der Waals surface area contributed by atoms with Gasteiger partial charge in [0.2, 0.25) is 0 Å². The van der Waals surface area contributed by atoms with E-state index in [0.29, 0.717) is 5.69 Å². The molecule has 2 unspecified atom stereocenters. The minimum Gasteiger partial charge on any atom is -0.399 e. The predicted molar refractivity (Wildman–Crippen MR) is 88.2 cm³/mol. The zero-order valence-electron chi connectivity index (χ0n) is 12.0. The van der Waals surface area contributed by atoms with Crippen molar-refractivity contribution in [1.29, 1.82) is 0 Å². The van der Waals surface area contributed by atoms with Gasteiger partial charge in [-0.15, -0.1) is 0 Å². The van der Waals surface area contributed by atoms with Crippen molar-refractivity contribution in [2.45, 2.75) is 11.6 Å². The molecule has 3 nitrogen and oxygen atoms in total. The molecule has 112 valence electrons. The van der Waals surface area contributed by atoms with Gasteiger partial charge in [0, 0.05) is 11.7 Å². The zero-order valence-corrected chi connectivity index (χ0v) is 12.0. The van der Waals surface area contributed by atoms with Gasteiger partial charge < -0.3 is 17.2 Å². The summed E-state index contributed by atoms with van der Waals surface area (Å²) >= 11 is 0. The Labute approximate surface area is 128 Å². The fourth-order valence-electron chi connectivity index (χ4n) is 2.66. The monoisotopic (exact) mass is 295 g/mol. The van der Waals surface area contributed by atoms with Crippen LogP contribution in [0.25, 0.3) is 5.57 Å². The van der Waals surface area contributed by atoms with Crippen LogP contribution in [0.5, 0.6) is 0 Å². The molecule has 2 aromatic carbocycles. The largest absolute Gasteiger partial charge is 0.399 e. The number of rotatable bonds is 2. The van der Waals surface area contributed by atoms with Crippen LogP contribution in [0, 0.1) is 5.82 Å². The summed E-state index contributed by atoms with van der Waals surface area (Å²) in [6, 6.07) is 13.3. The maximum atomic E-state index is 13.0. The fourth-order valence-corrected chi connectivity index (χ4v) is 2.66. The standard InChI is InChI=1S/C18H18FN3/c19-15-6-4-12(5-7-15)13-8-9-18(22,17(21)10-13)14-2-1-3-16(20)11-14/h1-11,17H,20-22H2. The molecule has 1 aliphatic rings. The number of benzene rings is 2. The quantitative estimate of drug-likeness (QED) is 0.745. The van der Waals surface area contributed by atoms with Gasteiger partial charge >= 0.3 is 0 Å². The number of hydrogen-bond donors (Lipinski definition) is 3. The Balaban J connectivity index is 1.94. The van der Waals surface area contributed by atoms with Crippen molar-refractivity contribution < 1.29 is 4.39 Å². The third kappa shape index (κ3) is 2.54. The molecule has 22 heavy (non-hydrogen) atoms. The Kier molecular flexibility index (Phi) is 3.56.